The number of amides is 1. The summed E-state index contributed by atoms with van der Waals surface area (Å²) in [5, 5.41) is 6.99. The molecule has 38 heavy (non-hydrogen) atoms. The highest BCUT2D eigenvalue weighted by atomic mass is 35.5. The number of ether oxygens (including phenoxy) is 1. The third kappa shape index (κ3) is 5.62. The van der Waals surface area contributed by atoms with E-state index in [4.69, 9.17) is 21.3 Å². The Balaban J connectivity index is 1.35. The predicted molar refractivity (Wildman–Crippen MR) is 151 cm³/mol. The molecule has 10 heteroatoms. The van der Waals surface area contributed by atoms with Crippen LogP contribution in [0.15, 0.2) is 53.5 Å². The number of alkyl carbamates (subject to hydrolysis) is 1. The maximum absolute atomic E-state index is 12.9. The third-order valence-electron chi connectivity index (χ3n) is 6.95. The number of hydrogen-bond acceptors (Lipinski definition) is 6. The number of nitrogens with one attached hydrogen (secondary N) is 4. The minimum atomic E-state index is -0.389. The average Bonchev–Trinajstić information content (AvgIpc) is 3.33. The molecule has 3 heterocycles. The Labute approximate surface area is 225 Å². The normalized spacial score (nSPS) is 14.0. The number of methoxy groups -OCH3 is 1. The molecule has 0 bridgehead atoms. The number of H-pyrrole nitrogens is 2. The lowest BCUT2D eigenvalue weighted by Crippen LogP contribution is -2.44. The van der Waals surface area contributed by atoms with Crippen LogP contribution in [0.1, 0.15) is 24.0 Å². The second-order valence-electron chi connectivity index (χ2n) is 9.54. The Morgan fingerprint density at radius 2 is 2.03 bits per heavy atom. The molecule has 198 valence electrons. The summed E-state index contributed by atoms with van der Waals surface area (Å²) in [6, 6.07) is 13.9. The molecule has 1 aliphatic heterocycles. The quantitative estimate of drug-likeness (QED) is 0.269. The molecule has 0 atom stereocenters. The lowest BCUT2D eigenvalue weighted by Gasteiger charge is -2.33. The van der Waals surface area contributed by atoms with Crippen LogP contribution in [0.3, 0.4) is 0 Å². The van der Waals surface area contributed by atoms with Crippen LogP contribution < -0.4 is 21.1 Å². The van der Waals surface area contributed by atoms with Crippen LogP contribution >= 0.6 is 11.6 Å². The summed E-state index contributed by atoms with van der Waals surface area (Å²) < 4.78 is 4.72. The largest absolute Gasteiger partial charge is 0.453 e. The monoisotopic (exact) mass is 534 g/mol. The van der Waals surface area contributed by atoms with Gasteiger partial charge in [0.1, 0.15) is 11.4 Å². The number of aryl methyl sites for hydroxylation is 1. The molecule has 0 unspecified atom stereocenters. The second kappa shape index (κ2) is 11.2. The van der Waals surface area contributed by atoms with Gasteiger partial charge in [-0.25, -0.2) is 9.78 Å². The van der Waals surface area contributed by atoms with E-state index >= 15 is 0 Å². The van der Waals surface area contributed by atoms with E-state index in [1.165, 1.54) is 7.11 Å². The van der Waals surface area contributed by atoms with Crippen molar-refractivity contribution in [1.29, 1.82) is 0 Å². The first-order chi connectivity index (χ1) is 18.4. The molecular formula is C28H31ClN6O3. The van der Waals surface area contributed by atoms with Crippen LogP contribution in [-0.4, -0.2) is 53.8 Å². The van der Waals surface area contributed by atoms with Crippen molar-refractivity contribution < 1.29 is 9.53 Å². The summed E-state index contributed by atoms with van der Waals surface area (Å²) in [6.07, 6.45) is 3.69. The highest BCUT2D eigenvalue weighted by molar-refractivity contribution is 6.30. The first-order valence-corrected chi connectivity index (χ1v) is 13.1. The first kappa shape index (κ1) is 25.7. The minimum Gasteiger partial charge on any atom is -0.453 e. The van der Waals surface area contributed by atoms with Crippen LogP contribution in [0.4, 0.5) is 16.2 Å². The molecular weight excluding hydrogens is 504 g/mol. The van der Waals surface area contributed by atoms with E-state index in [2.05, 4.69) is 37.6 Å². The van der Waals surface area contributed by atoms with Crippen molar-refractivity contribution in [3.8, 4) is 11.4 Å². The average molecular weight is 535 g/mol. The summed E-state index contributed by atoms with van der Waals surface area (Å²) in [7, 11) is 1.38. The Bertz CT molecular complexity index is 1510. The van der Waals surface area contributed by atoms with Gasteiger partial charge < -0.3 is 30.2 Å². The molecule has 0 radical (unpaired) electrons. The lowest BCUT2D eigenvalue weighted by atomic mass is 10.0. The Hall–Kier alpha value is -3.98. The van der Waals surface area contributed by atoms with E-state index in [0.29, 0.717) is 28.6 Å². The van der Waals surface area contributed by atoms with E-state index in [1.807, 2.05) is 37.3 Å². The van der Waals surface area contributed by atoms with Gasteiger partial charge in [0, 0.05) is 42.6 Å². The molecule has 5 rings (SSSR count). The lowest BCUT2D eigenvalue weighted by molar-refractivity contribution is 0.164. The highest BCUT2D eigenvalue weighted by Gasteiger charge is 2.22. The van der Waals surface area contributed by atoms with Crippen LogP contribution in [-0.2, 0) is 11.2 Å². The van der Waals surface area contributed by atoms with Crippen LogP contribution in [0.25, 0.3) is 22.4 Å². The first-order valence-electron chi connectivity index (χ1n) is 12.7. The number of piperidine rings is 1. The van der Waals surface area contributed by atoms with Gasteiger partial charge in [-0.2, -0.15) is 0 Å². The van der Waals surface area contributed by atoms with Crippen molar-refractivity contribution in [2.45, 2.75) is 32.2 Å². The minimum absolute atomic E-state index is 0.108. The zero-order valence-electron chi connectivity index (χ0n) is 21.4. The smallest absolute Gasteiger partial charge is 0.407 e. The number of carbonyl (C=O) groups excluding carboxylic acids is 1. The van der Waals surface area contributed by atoms with Gasteiger partial charge in [0.15, 0.2) is 0 Å². The van der Waals surface area contributed by atoms with Crippen LogP contribution in [0.2, 0.25) is 5.02 Å². The summed E-state index contributed by atoms with van der Waals surface area (Å²) in [5.41, 5.74) is 5.92. The number of benzene rings is 2. The number of nitrogens with zero attached hydrogens (tertiary/aromatic N) is 2. The molecule has 2 aromatic carbocycles. The van der Waals surface area contributed by atoms with Crippen molar-refractivity contribution in [3.63, 3.8) is 0 Å². The second-order valence-corrected chi connectivity index (χ2v) is 9.98. The van der Waals surface area contributed by atoms with Crippen LogP contribution in [0, 0.1) is 6.92 Å². The SMILES string of the molecule is COC(=O)NC1CCN(c2cc(C)c3nc(-c4c(NCCc5cccc(Cl)c5)cc[nH]c4=O)[nH]c3c2)CC1. The standard InChI is InChI=1S/C28H31ClN6O3/c1-17-14-21(35-12-8-20(9-13-35)32-28(37)38-2)16-23-25(17)34-26(33-23)24-22(7-11-31-27(24)36)30-10-6-18-4-3-5-19(29)15-18/h3-5,7,11,14-16,20H,6,8-10,12-13H2,1-2H3,(H,32,37)(H,33,34)(H2,30,31,36). The topological polar surface area (TPSA) is 115 Å². The number of aromatic nitrogens is 3. The van der Waals surface area contributed by atoms with Crippen molar-refractivity contribution in [2.75, 3.05) is 37.0 Å². The fourth-order valence-corrected chi connectivity index (χ4v) is 5.19. The maximum atomic E-state index is 12.9. The predicted octanol–water partition coefficient (Wildman–Crippen LogP) is 4.86. The summed E-state index contributed by atoms with van der Waals surface area (Å²) >= 11 is 6.11. The van der Waals surface area contributed by atoms with E-state index < -0.39 is 0 Å². The number of anilines is 2. The van der Waals surface area contributed by atoms with Gasteiger partial charge in [0.2, 0.25) is 0 Å². The summed E-state index contributed by atoms with van der Waals surface area (Å²) in [6.45, 7) is 4.31. The number of aromatic amines is 2. The van der Waals surface area contributed by atoms with Gasteiger partial charge in [-0.05, 0) is 67.6 Å². The Kier molecular flexibility index (Phi) is 7.55. The zero-order valence-corrected chi connectivity index (χ0v) is 22.2. The highest BCUT2D eigenvalue weighted by Crippen LogP contribution is 2.30. The fourth-order valence-electron chi connectivity index (χ4n) is 4.98. The molecule has 4 aromatic rings. The van der Waals surface area contributed by atoms with Crippen molar-refractivity contribution in [1.82, 2.24) is 20.3 Å². The number of halogens is 1. The fraction of sp³-hybridized carbons (Fsp3) is 0.321. The van der Waals surface area contributed by atoms with E-state index in [-0.39, 0.29) is 17.7 Å². The van der Waals surface area contributed by atoms with E-state index in [1.54, 1.807) is 6.20 Å². The molecule has 0 spiro atoms. The molecule has 1 fully saturated rings. The number of pyridine rings is 1. The van der Waals surface area contributed by atoms with Gasteiger partial charge in [0.05, 0.1) is 23.8 Å². The maximum Gasteiger partial charge on any atom is 0.407 e. The number of hydrogen-bond donors (Lipinski definition) is 4. The zero-order chi connectivity index (χ0) is 26.6. The van der Waals surface area contributed by atoms with Crippen molar-refractivity contribution in [3.05, 3.63) is 75.2 Å². The van der Waals surface area contributed by atoms with Gasteiger partial charge in [-0.1, -0.05) is 23.7 Å². The van der Waals surface area contributed by atoms with Gasteiger partial charge in [-0.15, -0.1) is 0 Å². The molecule has 1 amide bonds. The molecule has 2 aromatic heterocycles. The van der Waals surface area contributed by atoms with Gasteiger partial charge >= 0.3 is 6.09 Å². The van der Waals surface area contributed by atoms with E-state index in [0.717, 1.165) is 60.2 Å². The van der Waals surface area contributed by atoms with Crippen molar-refractivity contribution >= 4 is 40.1 Å². The number of carbonyl (C=O) groups is 1. The van der Waals surface area contributed by atoms with Gasteiger partial charge in [0.25, 0.3) is 5.56 Å². The molecule has 1 saturated heterocycles. The summed E-state index contributed by atoms with van der Waals surface area (Å²) in [4.78, 5) is 37.7. The Morgan fingerprint density at radius 1 is 1.21 bits per heavy atom. The Morgan fingerprint density at radius 3 is 2.79 bits per heavy atom. The number of imidazole rings is 1. The number of rotatable bonds is 7. The van der Waals surface area contributed by atoms with Crippen LogP contribution in [0.5, 0.6) is 0 Å². The molecule has 0 aliphatic carbocycles. The number of fused-ring (bicyclic) bond motifs is 1. The summed E-state index contributed by atoms with van der Waals surface area (Å²) in [5.74, 6) is 0.522. The molecule has 4 N–H and O–H groups in total. The molecule has 0 saturated carbocycles. The van der Waals surface area contributed by atoms with E-state index in [9.17, 15) is 9.59 Å². The third-order valence-corrected chi connectivity index (χ3v) is 7.18. The molecule has 1 aliphatic rings. The van der Waals surface area contributed by atoms with Crippen molar-refractivity contribution in [2.24, 2.45) is 0 Å². The van der Waals surface area contributed by atoms with Gasteiger partial charge in [-0.3, -0.25) is 4.79 Å². The molecule has 9 nitrogen and oxygen atoms in total.